The fourth-order valence-electron chi connectivity index (χ4n) is 3.24. The van der Waals surface area contributed by atoms with E-state index in [4.69, 9.17) is 4.99 Å². The standard InChI is InChI=1S/C15H16N2S/c1-2-6-11(7-3-1)14-10-18-15-16-12-8-4-5-9-13(12)17(14)15/h1-3,6-7,10,12-13H,4-5,8-9H2/t12-,13+/m1/s1. The Morgan fingerprint density at radius 2 is 1.94 bits per heavy atom. The van der Waals surface area contributed by atoms with Crippen molar-refractivity contribution >= 4 is 22.6 Å². The predicted octanol–water partition coefficient (Wildman–Crippen LogP) is 3.71. The maximum atomic E-state index is 4.90. The number of hydrogen-bond donors (Lipinski definition) is 0. The van der Waals surface area contributed by atoms with Crippen molar-refractivity contribution in [3.63, 3.8) is 0 Å². The van der Waals surface area contributed by atoms with Gasteiger partial charge in [-0.1, -0.05) is 54.9 Å². The number of nitrogens with zero attached hydrogens (tertiary/aromatic N) is 2. The molecular formula is C15H16N2S. The summed E-state index contributed by atoms with van der Waals surface area (Å²) in [4.78, 5) is 7.39. The normalized spacial score (nSPS) is 29.7. The van der Waals surface area contributed by atoms with E-state index in [-0.39, 0.29) is 0 Å². The monoisotopic (exact) mass is 256 g/mol. The summed E-state index contributed by atoms with van der Waals surface area (Å²) in [7, 11) is 0. The minimum absolute atomic E-state index is 0.550. The maximum absolute atomic E-state index is 4.90. The van der Waals surface area contributed by atoms with Crippen LogP contribution >= 0.6 is 11.8 Å². The van der Waals surface area contributed by atoms with E-state index in [0.717, 1.165) is 0 Å². The molecule has 0 saturated heterocycles. The summed E-state index contributed by atoms with van der Waals surface area (Å²) in [5, 5.41) is 3.49. The van der Waals surface area contributed by atoms with Crippen molar-refractivity contribution in [2.75, 3.05) is 0 Å². The van der Waals surface area contributed by atoms with Crippen LogP contribution in [0.15, 0.2) is 40.7 Å². The quantitative estimate of drug-likeness (QED) is 0.761. The minimum atomic E-state index is 0.550. The van der Waals surface area contributed by atoms with Crippen LogP contribution in [0.5, 0.6) is 0 Å². The van der Waals surface area contributed by atoms with Gasteiger partial charge >= 0.3 is 0 Å². The van der Waals surface area contributed by atoms with Crippen LogP contribution in [0.4, 0.5) is 0 Å². The Bertz CT molecular complexity index is 521. The second-order valence-corrected chi connectivity index (χ2v) is 6.02. The molecule has 2 nitrogen and oxygen atoms in total. The zero-order chi connectivity index (χ0) is 11.9. The highest BCUT2D eigenvalue weighted by Crippen LogP contribution is 2.43. The Hall–Kier alpha value is -1.22. The van der Waals surface area contributed by atoms with Gasteiger partial charge in [-0.05, 0) is 18.4 Å². The van der Waals surface area contributed by atoms with E-state index < -0.39 is 0 Å². The highest BCUT2D eigenvalue weighted by atomic mass is 32.2. The van der Waals surface area contributed by atoms with Gasteiger partial charge in [-0.25, -0.2) is 0 Å². The predicted molar refractivity (Wildman–Crippen MR) is 77.3 cm³/mol. The molecule has 1 aromatic carbocycles. The van der Waals surface area contributed by atoms with Crippen molar-refractivity contribution in [2.45, 2.75) is 37.8 Å². The number of benzene rings is 1. The molecule has 0 unspecified atom stereocenters. The molecule has 4 rings (SSSR count). The third-order valence-electron chi connectivity index (χ3n) is 4.11. The molecule has 0 aromatic heterocycles. The second kappa shape index (κ2) is 4.16. The fraction of sp³-hybridized carbons (Fsp3) is 0.400. The molecule has 18 heavy (non-hydrogen) atoms. The van der Waals surface area contributed by atoms with E-state index >= 15 is 0 Å². The molecular weight excluding hydrogens is 240 g/mol. The lowest BCUT2D eigenvalue weighted by Gasteiger charge is -2.32. The van der Waals surface area contributed by atoms with Gasteiger partial charge in [-0.15, -0.1) is 0 Å². The Morgan fingerprint density at radius 1 is 1.11 bits per heavy atom. The Kier molecular flexibility index (Phi) is 2.47. The van der Waals surface area contributed by atoms with Crippen LogP contribution in [0, 0.1) is 0 Å². The maximum Gasteiger partial charge on any atom is 0.168 e. The average molecular weight is 256 g/mol. The molecule has 0 bridgehead atoms. The number of hydrogen-bond acceptors (Lipinski definition) is 3. The van der Waals surface area contributed by atoms with Crippen molar-refractivity contribution in [3.8, 4) is 0 Å². The highest BCUT2D eigenvalue weighted by Gasteiger charge is 2.41. The number of amidine groups is 1. The molecule has 0 radical (unpaired) electrons. The van der Waals surface area contributed by atoms with Gasteiger partial charge in [0.25, 0.3) is 0 Å². The van der Waals surface area contributed by atoms with Gasteiger partial charge in [0.2, 0.25) is 0 Å². The lowest BCUT2D eigenvalue weighted by atomic mass is 9.90. The van der Waals surface area contributed by atoms with Crippen molar-refractivity contribution in [3.05, 3.63) is 41.3 Å². The van der Waals surface area contributed by atoms with Crippen LogP contribution < -0.4 is 0 Å². The lowest BCUT2D eigenvalue weighted by molar-refractivity contribution is 0.305. The molecule has 92 valence electrons. The molecule has 0 N–H and O–H groups in total. The van der Waals surface area contributed by atoms with E-state index in [0.29, 0.717) is 12.1 Å². The van der Waals surface area contributed by atoms with E-state index in [1.54, 1.807) is 11.8 Å². The first-order valence-electron chi connectivity index (χ1n) is 6.73. The fourth-order valence-corrected chi connectivity index (χ4v) is 4.25. The average Bonchev–Trinajstić information content (AvgIpc) is 2.98. The largest absolute Gasteiger partial charge is 0.315 e. The highest BCUT2D eigenvalue weighted by molar-refractivity contribution is 8.16. The van der Waals surface area contributed by atoms with E-state index in [9.17, 15) is 0 Å². The van der Waals surface area contributed by atoms with Gasteiger partial charge in [0, 0.05) is 5.41 Å². The molecule has 3 aliphatic rings. The smallest absolute Gasteiger partial charge is 0.168 e. The summed E-state index contributed by atoms with van der Waals surface area (Å²) in [6.45, 7) is 0. The summed E-state index contributed by atoms with van der Waals surface area (Å²) in [6, 6.07) is 11.9. The summed E-state index contributed by atoms with van der Waals surface area (Å²) in [5.74, 6) is 0. The van der Waals surface area contributed by atoms with Crippen LogP contribution in [0.1, 0.15) is 31.2 Å². The zero-order valence-electron chi connectivity index (χ0n) is 10.2. The lowest BCUT2D eigenvalue weighted by Crippen LogP contribution is -2.37. The molecule has 1 saturated carbocycles. The summed E-state index contributed by atoms with van der Waals surface area (Å²) in [6.07, 6.45) is 5.27. The van der Waals surface area contributed by atoms with E-state index in [1.165, 1.54) is 42.1 Å². The van der Waals surface area contributed by atoms with Crippen LogP contribution in [0.2, 0.25) is 0 Å². The van der Waals surface area contributed by atoms with Gasteiger partial charge in [-0.2, -0.15) is 0 Å². The molecule has 3 heteroatoms. The molecule has 1 aromatic rings. The summed E-state index contributed by atoms with van der Waals surface area (Å²) in [5.41, 5.74) is 2.68. The minimum Gasteiger partial charge on any atom is -0.315 e. The van der Waals surface area contributed by atoms with Gasteiger partial charge in [0.05, 0.1) is 17.8 Å². The Balaban J connectivity index is 1.70. The SMILES string of the molecule is C1=C(c2ccccc2)N2C(=N[C@@H]3CCCC[C@@H]32)S1. The summed E-state index contributed by atoms with van der Waals surface area (Å²) < 4.78 is 0. The Morgan fingerprint density at radius 3 is 2.83 bits per heavy atom. The first-order valence-corrected chi connectivity index (χ1v) is 7.61. The molecule has 2 heterocycles. The molecule has 2 atom stereocenters. The first kappa shape index (κ1) is 10.7. The summed E-state index contributed by atoms with van der Waals surface area (Å²) >= 11 is 1.80. The van der Waals surface area contributed by atoms with Crippen LogP contribution in [0.3, 0.4) is 0 Å². The van der Waals surface area contributed by atoms with Gasteiger partial charge in [0.15, 0.2) is 5.17 Å². The Labute approximate surface area is 112 Å². The number of fused-ring (bicyclic) bond motifs is 3. The molecule has 2 aliphatic heterocycles. The van der Waals surface area contributed by atoms with Gasteiger partial charge < -0.3 is 4.90 Å². The number of aliphatic imine (C=N–C) groups is 1. The van der Waals surface area contributed by atoms with Crippen LogP contribution in [0.25, 0.3) is 5.70 Å². The molecule has 1 aliphatic carbocycles. The number of thioether (sulfide) groups is 1. The van der Waals surface area contributed by atoms with Crippen LogP contribution in [-0.2, 0) is 0 Å². The zero-order valence-corrected chi connectivity index (χ0v) is 11.1. The number of rotatable bonds is 1. The van der Waals surface area contributed by atoms with Gasteiger partial charge in [-0.3, -0.25) is 4.99 Å². The van der Waals surface area contributed by atoms with Crippen molar-refractivity contribution < 1.29 is 0 Å². The third-order valence-corrected chi connectivity index (χ3v) is 4.97. The van der Waals surface area contributed by atoms with Crippen molar-refractivity contribution in [1.29, 1.82) is 0 Å². The first-order chi connectivity index (χ1) is 8.93. The molecule has 0 spiro atoms. The third kappa shape index (κ3) is 1.53. The van der Waals surface area contributed by atoms with Gasteiger partial charge in [0.1, 0.15) is 0 Å². The van der Waals surface area contributed by atoms with Crippen molar-refractivity contribution in [1.82, 2.24) is 4.90 Å². The van der Waals surface area contributed by atoms with E-state index in [2.05, 4.69) is 40.6 Å². The van der Waals surface area contributed by atoms with Crippen LogP contribution in [-0.4, -0.2) is 22.2 Å². The van der Waals surface area contributed by atoms with Crippen molar-refractivity contribution in [2.24, 2.45) is 4.99 Å². The topological polar surface area (TPSA) is 15.6 Å². The second-order valence-electron chi connectivity index (χ2n) is 5.19. The van der Waals surface area contributed by atoms with E-state index in [1.807, 2.05) is 0 Å². The molecule has 0 amide bonds. The molecule has 1 fully saturated rings.